The summed E-state index contributed by atoms with van der Waals surface area (Å²) in [6, 6.07) is 14.2. The lowest BCUT2D eigenvalue weighted by molar-refractivity contribution is 0.102. The van der Waals surface area contributed by atoms with E-state index in [0.29, 0.717) is 27.8 Å². The standard InChI is InChI=1S/C19H16ClN3O3S/c1-26-19(25)22-14-7-4-6-13(9-14)17(24)23-18-21-11-15(27-18)10-12-5-2-3-8-16(12)20/h2-9,11H,10H2,1H3,(H,22,25)(H,21,23,24). The number of carbonyl (C=O) groups is 2. The smallest absolute Gasteiger partial charge is 0.411 e. The molecule has 0 atom stereocenters. The second-order valence-electron chi connectivity index (χ2n) is 5.55. The van der Waals surface area contributed by atoms with Gasteiger partial charge in [-0.1, -0.05) is 35.9 Å². The molecule has 0 unspecified atom stereocenters. The largest absolute Gasteiger partial charge is 0.453 e. The van der Waals surface area contributed by atoms with Gasteiger partial charge < -0.3 is 4.74 Å². The van der Waals surface area contributed by atoms with Crippen LogP contribution >= 0.6 is 22.9 Å². The van der Waals surface area contributed by atoms with Crippen LogP contribution < -0.4 is 10.6 Å². The van der Waals surface area contributed by atoms with Crippen LogP contribution in [0.3, 0.4) is 0 Å². The van der Waals surface area contributed by atoms with Crippen molar-refractivity contribution in [2.45, 2.75) is 6.42 Å². The van der Waals surface area contributed by atoms with E-state index in [-0.39, 0.29) is 5.91 Å². The third kappa shape index (κ3) is 5.06. The number of thiazole rings is 1. The number of methoxy groups -OCH3 is 1. The molecule has 2 aromatic carbocycles. The molecular formula is C19H16ClN3O3S. The number of nitrogens with one attached hydrogen (secondary N) is 2. The molecule has 0 fully saturated rings. The predicted octanol–water partition coefficient (Wildman–Crippen LogP) is 4.82. The molecule has 0 aliphatic heterocycles. The molecule has 0 saturated carbocycles. The van der Waals surface area contributed by atoms with Crippen molar-refractivity contribution in [2.24, 2.45) is 0 Å². The zero-order valence-electron chi connectivity index (χ0n) is 14.4. The Balaban J connectivity index is 1.67. The molecule has 0 saturated heterocycles. The fourth-order valence-electron chi connectivity index (χ4n) is 2.35. The number of ether oxygens (including phenoxy) is 1. The second-order valence-corrected chi connectivity index (χ2v) is 7.07. The summed E-state index contributed by atoms with van der Waals surface area (Å²) in [5.41, 5.74) is 1.86. The summed E-state index contributed by atoms with van der Waals surface area (Å²) in [5.74, 6) is -0.317. The van der Waals surface area contributed by atoms with E-state index < -0.39 is 6.09 Å². The average Bonchev–Trinajstić information content (AvgIpc) is 3.10. The van der Waals surface area contributed by atoms with Gasteiger partial charge in [-0.25, -0.2) is 9.78 Å². The van der Waals surface area contributed by atoms with Gasteiger partial charge >= 0.3 is 6.09 Å². The zero-order valence-corrected chi connectivity index (χ0v) is 15.9. The molecule has 6 nitrogen and oxygen atoms in total. The molecule has 3 rings (SSSR count). The molecule has 2 amide bonds. The number of carbonyl (C=O) groups excluding carboxylic acids is 2. The third-order valence-corrected chi connectivity index (χ3v) is 4.93. The molecule has 138 valence electrons. The van der Waals surface area contributed by atoms with Crippen molar-refractivity contribution < 1.29 is 14.3 Å². The molecule has 3 aromatic rings. The van der Waals surface area contributed by atoms with E-state index in [2.05, 4.69) is 20.4 Å². The van der Waals surface area contributed by atoms with Gasteiger partial charge in [-0.3, -0.25) is 15.4 Å². The normalized spacial score (nSPS) is 10.3. The van der Waals surface area contributed by atoms with E-state index in [4.69, 9.17) is 11.6 Å². The highest BCUT2D eigenvalue weighted by molar-refractivity contribution is 7.15. The van der Waals surface area contributed by atoms with Crippen LogP contribution in [-0.2, 0) is 11.2 Å². The monoisotopic (exact) mass is 401 g/mol. The second kappa shape index (κ2) is 8.66. The van der Waals surface area contributed by atoms with Crippen LogP contribution in [0.4, 0.5) is 15.6 Å². The van der Waals surface area contributed by atoms with E-state index >= 15 is 0 Å². The number of halogens is 1. The maximum absolute atomic E-state index is 12.4. The van der Waals surface area contributed by atoms with Crippen molar-refractivity contribution in [3.8, 4) is 0 Å². The Hall–Kier alpha value is -2.90. The van der Waals surface area contributed by atoms with Gasteiger partial charge in [0.25, 0.3) is 5.91 Å². The Morgan fingerprint density at radius 2 is 1.96 bits per heavy atom. The minimum atomic E-state index is -0.600. The lowest BCUT2D eigenvalue weighted by Crippen LogP contribution is -2.14. The van der Waals surface area contributed by atoms with E-state index in [1.807, 2.05) is 24.3 Å². The highest BCUT2D eigenvalue weighted by atomic mass is 35.5. The van der Waals surface area contributed by atoms with E-state index in [0.717, 1.165) is 10.4 Å². The number of rotatable bonds is 5. The Bertz CT molecular complexity index is 974. The summed E-state index contributed by atoms with van der Waals surface area (Å²) < 4.78 is 4.54. The van der Waals surface area contributed by atoms with Gasteiger partial charge in [0, 0.05) is 33.8 Å². The quantitative estimate of drug-likeness (QED) is 0.642. The third-order valence-electron chi connectivity index (χ3n) is 3.65. The number of hydrogen-bond acceptors (Lipinski definition) is 5. The number of benzene rings is 2. The van der Waals surface area contributed by atoms with Crippen molar-refractivity contribution >= 4 is 45.8 Å². The predicted molar refractivity (Wildman–Crippen MR) is 107 cm³/mol. The lowest BCUT2D eigenvalue weighted by Gasteiger charge is -2.06. The summed E-state index contributed by atoms with van der Waals surface area (Å²) in [5, 5.41) is 6.48. The van der Waals surface area contributed by atoms with Crippen molar-refractivity contribution in [1.82, 2.24) is 4.98 Å². The molecule has 2 N–H and O–H groups in total. The minimum Gasteiger partial charge on any atom is -0.453 e. The molecule has 1 aromatic heterocycles. The zero-order chi connectivity index (χ0) is 19.2. The fraction of sp³-hybridized carbons (Fsp3) is 0.105. The molecule has 0 aliphatic rings. The molecule has 0 spiro atoms. The van der Waals surface area contributed by atoms with Gasteiger partial charge in [-0.2, -0.15) is 0 Å². The molecule has 0 bridgehead atoms. The topological polar surface area (TPSA) is 80.3 Å². The van der Waals surface area contributed by atoms with Crippen LogP contribution in [0.25, 0.3) is 0 Å². The van der Waals surface area contributed by atoms with Crippen molar-refractivity contribution in [1.29, 1.82) is 0 Å². The van der Waals surface area contributed by atoms with E-state index in [9.17, 15) is 9.59 Å². The van der Waals surface area contributed by atoms with Crippen molar-refractivity contribution in [3.63, 3.8) is 0 Å². The van der Waals surface area contributed by atoms with E-state index in [1.54, 1.807) is 30.5 Å². The number of amides is 2. The number of aromatic nitrogens is 1. The number of hydrogen-bond donors (Lipinski definition) is 2. The number of nitrogens with zero attached hydrogens (tertiary/aromatic N) is 1. The lowest BCUT2D eigenvalue weighted by atomic mass is 10.1. The summed E-state index contributed by atoms with van der Waals surface area (Å²) in [4.78, 5) is 28.9. The Morgan fingerprint density at radius 3 is 2.74 bits per heavy atom. The molecule has 27 heavy (non-hydrogen) atoms. The van der Waals surface area contributed by atoms with Gasteiger partial charge in [-0.15, -0.1) is 11.3 Å². The van der Waals surface area contributed by atoms with Crippen LogP contribution in [0, 0.1) is 0 Å². The summed E-state index contributed by atoms with van der Waals surface area (Å²) in [7, 11) is 1.27. The molecule has 0 aliphatic carbocycles. The van der Waals surface area contributed by atoms with Crippen LogP contribution in [0.15, 0.2) is 54.7 Å². The minimum absolute atomic E-state index is 0.317. The summed E-state index contributed by atoms with van der Waals surface area (Å²) in [6.07, 6.45) is 1.77. The van der Waals surface area contributed by atoms with Crippen LogP contribution in [0.2, 0.25) is 5.02 Å². The highest BCUT2D eigenvalue weighted by Crippen LogP contribution is 2.25. The summed E-state index contributed by atoms with van der Waals surface area (Å²) >= 11 is 7.57. The highest BCUT2D eigenvalue weighted by Gasteiger charge is 2.11. The maximum atomic E-state index is 12.4. The first-order valence-corrected chi connectivity index (χ1v) is 9.19. The van der Waals surface area contributed by atoms with Gasteiger partial charge in [0.05, 0.1) is 7.11 Å². The van der Waals surface area contributed by atoms with E-state index in [1.165, 1.54) is 18.4 Å². The van der Waals surface area contributed by atoms with Gasteiger partial charge in [0.15, 0.2) is 5.13 Å². The van der Waals surface area contributed by atoms with Gasteiger partial charge in [0.2, 0.25) is 0 Å². The maximum Gasteiger partial charge on any atom is 0.411 e. The average molecular weight is 402 g/mol. The van der Waals surface area contributed by atoms with Gasteiger partial charge in [-0.05, 0) is 29.8 Å². The first kappa shape index (κ1) is 18.9. The molecule has 0 radical (unpaired) electrons. The molecular weight excluding hydrogens is 386 g/mol. The van der Waals surface area contributed by atoms with Crippen molar-refractivity contribution in [2.75, 3.05) is 17.7 Å². The Labute approximate surface area is 165 Å². The molecule has 1 heterocycles. The first-order valence-electron chi connectivity index (χ1n) is 7.99. The van der Waals surface area contributed by atoms with Crippen LogP contribution in [0.5, 0.6) is 0 Å². The van der Waals surface area contributed by atoms with Crippen LogP contribution in [-0.4, -0.2) is 24.1 Å². The Morgan fingerprint density at radius 1 is 1.15 bits per heavy atom. The fourth-order valence-corrected chi connectivity index (χ4v) is 3.39. The Kier molecular flexibility index (Phi) is 6.05. The van der Waals surface area contributed by atoms with Crippen molar-refractivity contribution in [3.05, 3.63) is 75.8 Å². The van der Waals surface area contributed by atoms with Crippen LogP contribution in [0.1, 0.15) is 20.8 Å². The molecule has 8 heteroatoms. The number of anilines is 2. The van der Waals surface area contributed by atoms with Gasteiger partial charge in [0.1, 0.15) is 0 Å². The summed E-state index contributed by atoms with van der Waals surface area (Å²) in [6.45, 7) is 0. The first-order chi connectivity index (χ1) is 13.0. The SMILES string of the molecule is COC(=O)Nc1cccc(C(=O)Nc2ncc(Cc3ccccc3Cl)s2)c1.